The molecular formula is C15H23NOSi. The molecule has 2 rings (SSSR count). The Morgan fingerprint density at radius 1 is 1.22 bits per heavy atom. The van der Waals surface area contributed by atoms with Crippen LogP contribution in [0.4, 0.5) is 0 Å². The first-order valence-electron chi connectivity index (χ1n) is 6.75. The van der Waals surface area contributed by atoms with E-state index in [1.807, 2.05) is 6.07 Å². The van der Waals surface area contributed by atoms with Crippen molar-refractivity contribution in [1.82, 2.24) is 0 Å². The standard InChI is InChI=1S/C15H23NOSi/c1-12-10-14(11-18(2,3)4)17-16-15(12)13-8-6-5-7-9-13/h5-9,12,14H,10-11H2,1-4H3/t12-,14-/m1/s1. The maximum Gasteiger partial charge on any atom is 0.125 e. The molecule has 98 valence electrons. The van der Waals surface area contributed by atoms with Gasteiger partial charge in [-0.3, -0.25) is 0 Å². The van der Waals surface area contributed by atoms with Crippen LogP contribution in [-0.2, 0) is 4.84 Å². The SMILES string of the molecule is C[C@@H]1C[C@H](C[Si](C)(C)C)ON=C1c1ccccc1. The van der Waals surface area contributed by atoms with E-state index in [0.717, 1.165) is 12.1 Å². The first-order valence-corrected chi connectivity index (χ1v) is 10.5. The normalized spacial score (nSPS) is 24.3. The average molecular weight is 261 g/mol. The predicted molar refractivity (Wildman–Crippen MR) is 79.8 cm³/mol. The summed E-state index contributed by atoms with van der Waals surface area (Å²) in [5, 5.41) is 4.39. The minimum atomic E-state index is -1.07. The Hall–Kier alpha value is -1.09. The highest BCUT2D eigenvalue weighted by Crippen LogP contribution is 2.27. The van der Waals surface area contributed by atoms with Gasteiger partial charge in [-0.15, -0.1) is 0 Å². The van der Waals surface area contributed by atoms with Crippen molar-refractivity contribution in [2.24, 2.45) is 11.1 Å². The quantitative estimate of drug-likeness (QED) is 0.749. The van der Waals surface area contributed by atoms with Gasteiger partial charge in [0.15, 0.2) is 0 Å². The topological polar surface area (TPSA) is 21.6 Å². The molecule has 0 N–H and O–H groups in total. The summed E-state index contributed by atoms with van der Waals surface area (Å²) in [5.41, 5.74) is 2.29. The fourth-order valence-corrected chi connectivity index (χ4v) is 4.13. The summed E-state index contributed by atoms with van der Waals surface area (Å²) >= 11 is 0. The molecule has 0 saturated heterocycles. The third-order valence-corrected chi connectivity index (χ3v) is 4.97. The van der Waals surface area contributed by atoms with Crippen LogP contribution in [0, 0.1) is 5.92 Å². The molecule has 2 nitrogen and oxygen atoms in total. The van der Waals surface area contributed by atoms with Gasteiger partial charge in [0, 0.05) is 14.0 Å². The van der Waals surface area contributed by atoms with Crippen LogP contribution in [0.1, 0.15) is 18.9 Å². The van der Waals surface area contributed by atoms with Gasteiger partial charge in [-0.1, -0.05) is 62.1 Å². The maximum atomic E-state index is 5.71. The van der Waals surface area contributed by atoms with Crippen molar-refractivity contribution in [2.45, 2.75) is 45.1 Å². The number of benzene rings is 1. The molecule has 1 heterocycles. The molecule has 0 aromatic heterocycles. The van der Waals surface area contributed by atoms with Crippen LogP contribution >= 0.6 is 0 Å². The first kappa shape index (κ1) is 13.3. The van der Waals surface area contributed by atoms with E-state index in [2.05, 4.69) is 56.0 Å². The Kier molecular flexibility index (Phi) is 3.90. The minimum absolute atomic E-state index is 0.319. The monoisotopic (exact) mass is 261 g/mol. The van der Waals surface area contributed by atoms with Gasteiger partial charge in [0.25, 0.3) is 0 Å². The van der Waals surface area contributed by atoms with Crippen LogP contribution < -0.4 is 0 Å². The molecule has 0 saturated carbocycles. The molecule has 3 heteroatoms. The second kappa shape index (κ2) is 5.27. The molecule has 0 fully saturated rings. The second-order valence-electron chi connectivity index (χ2n) is 6.47. The van der Waals surface area contributed by atoms with Crippen molar-refractivity contribution in [3.63, 3.8) is 0 Å². The van der Waals surface area contributed by atoms with Gasteiger partial charge in [-0.05, 0) is 18.0 Å². The lowest BCUT2D eigenvalue weighted by Gasteiger charge is -2.29. The number of hydrogen-bond acceptors (Lipinski definition) is 2. The Bertz CT molecular complexity index is 422. The van der Waals surface area contributed by atoms with Gasteiger partial charge in [0.2, 0.25) is 0 Å². The van der Waals surface area contributed by atoms with Gasteiger partial charge < -0.3 is 4.84 Å². The van der Waals surface area contributed by atoms with Gasteiger partial charge in [-0.2, -0.15) is 0 Å². The van der Waals surface area contributed by atoms with E-state index in [1.54, 1.807) is 0 Å². The van der Waals surface area contributed by atoms with Crippen molar-refractivity contribution in [3.8, 4) is 0 Å². The molecule has 0 bridgehead atoms. The van der Waals surface area contributed by atoms with E-state index in [4.69, 9.17) is 4.84 Å². The highest BCUT2D eigenvalue weighted by Gasteiger charge is 2.29. The third kappa shape index (κ3) is 3.45. The van der Waals surface area contributed by atoms with Crippen LogP contribution in [-0.4, -0.2) is 19.9 Å². The number of nitrogens with zero attached hydrogens (tertiary/aromatic N) is 1. The predicted octanol–water partition coefficient (Wildman–Crippen LogP) is 4.15. The fourth-order valence-electron chi connectivity index (χ4n) is 2.52. The highest BCUT2D eigenvalue weighted by atomic mass is 28.3. The van der Waals surface area contributed by atoms with Crippen molar-refractivity contribution >= 4 is 13.8 Å². The molecule has 0 radical (unpaired) electrons. The van der Waals surface area contributed by atoms with E-state index < -0.39 is 8.07 Å². The summed E-state index contributed by atoms with van der Waals surface area (Å²) in [7, 11) is -1.07. The molecule has 18 heavy (non-hydrogen) atoms. The van der Waals surface area contributed by atoms with Crippen LogP contribution in [0.25, 0.3) is 0 Å². The summed E-state index contributed by atoms with van der Waals surface area (Å²) in [4.78, 5) is 5.71. The summed E-state index contributed by atoms with van der Waals surface area (Å²) in [5.74, 6) is 0.488. The number of rotatable bonds is 3. The molecule has 1 aromatic carbocycles. The van der Waals surface area contributed by atoms with Crippen LogP contribution in [0.2, 0.25) is 25.7 Å². The van der Waals surface area contributed by atoms with Crippen molar-refractivity contribution in [1.29, 1.82) is 0 Å². The van der Waals surface area contributed by atoms with E-state index in [1.165, 1.54) is 11.6 Å². The largest absolute Gasteiger partial charge is 0.393 e. The van der Waals surface area contributed by atoms with Crippen molar-refractivity contribution < 1.29 is 4.84 Å². The molecule has 1 aromatic rings. The van der Waals surface area contributed by atoms with Crippen LogP contribution in [0.5, 0.6) is 0 Å². The highest BCUT2D eigenvalue weighted by molar-refractivity contribution is 6.76. The Labute approximate surface area is 111 Å². The second-order valence-corrected chi connectivity index (χ2v) is 12.0. The Morgan fingerprint density at radius 2 is 1.89 bits per heavy atom. The maximum absolute atomic E-state index is 5.71. The lowest BCUT2D eigenvalue weighted by molar-refractivity contribution is 0.0462. The summed E-state index contributed by atoms with van der Waals surface area (Å²) in [6.45, 7) is 9.41. The Balaban J connectivity index is 2.09. The Morgan fingerprint density at radius 3 is 2.44 bits per heavy atom. The van der Waals surface area contributed by atoms with E-state index in [-0.39, 0.29) is 0 Å². The van der Waals surface area contributed by atoms with Crippen LogP contribution in [0.15, 0.2) is 35.5 Å². The third-order valence-electron chi connectivity index (χ3n) is 3.29. The molecule has 1 aliphatic heterocycles. The van der Waals surface area contributed by atoms with Gasteiger partial charge >= 0.3 is 0 Å². The van der Waals surface area contributed by atoms with Crippen LogP contribution in [0.3, 0.4) is 0 Å². The fraction of sp³-hybridized carbons (Fsp3) is 0.533. The zero-order chi connectivity index (χ0) is 13.2. The summed E-state index contributed by atoms with van der Waals surface area (Å²) in [6.07, 6.45) is 1.41. The van der Waals surface area contributed by atoms with Gasteiger partial charge in [0.1, 0.15) is 6.10 Å². The van der Waals surface area contributed by atoms with E-state index >= 15 is 0 Å². The number of hydrogen-bond donors (Lipinski definition) is 0. The lowest BCUT2D eigenvalue weighted by Crippen LogP contribution is -2.33. The molecular weight excluding hydrogens is 238 g/mol. The van der Waals surface area contributed by atoms with Crippen molar-refractivity contribution in [3.05, 3.63) is 35.9 Å². The molecule has 0 amide bonds. The van der Waals surface area contributed by atoms with Gasteiger partial charge in [0.05, 0.1) is 5.71 Å². The molecule has 0 unspecified atom stereocenters. The first-order chi connectivity index (χ1) is 8.46. The average Bonchev–Trinajstić information content (AvgIpc) is 2.28. The summed E-state index contributed by atoms with van der Waals surface area (Å²) < 4.78 is 0. The molecule has 0 aliphatic carbocycles. The smallest absolute Gasteiger partial charge is 0.125 e. The van der Waals surface area contributed by atoms with E-state index in [9.17, 15) is 0 Å². The van der Waals surface area contributed by atoms with Gasteiger partial charge in [-0.25, -0.2) is 0 Å². The molecule has 2 atom stereocenters. The number of oxime groups is 1. The molecule has 1 aliphatic rings. The zero-order valence-electron chi connectivity index (χ0n) is 11.8. The molecule has 0 spiro atoms. The van der Waals surface area contributed by atoms with E-state index in [0.29, 0.717) is 12.0 Å². The van der Waals surface area contributed by atoms with Crippen molar-refractivity contribution in [2.75, 3.05) is 0 Å². The summed E-state index contributed by atoms with van der Waals surface area (Å²) in [6, 6.07) is 11.6. The lowest BCUT2D eigenvalue weighted by atomic mass is 9.93. The zero-order valence-corrected chi connectivity index (χ0v) is 12.8. The minimum Gasteiger partial charge on any atom is -0.393 e.